The smallest absolute Gasteiger partial charge is 0.410 e. The highest BCUT2D eigenvalue weighted by Crippen LogP contribution is 2.24. The molecule has 1 fully saturated rings. The topological polar surface area (TPSA) is 54.5 Å². The second kappa shape index (κ2) is 7.77. The van der Waals surface area contributed by atoms with E-state index < -0.39 is 5.60 Å². The highest BCUT2D eigenvalue weighted by atomic mass is 16.6. The van der Waals surface area contributed by atoms with Crippen molar-refractivity contribution in [1.29, 1.82) is 0 Å². The molecule has 1 N–H and O–H groups in total. The Hall–Kier alpha value is -1.62. The van der Waals surface area contributed by atoms with Gasteiger partial charge in [0.25, 0.3) is 0 Å². The Morgan fingerprint density at radius 1 is 1.43 bits per heavy atom. The summed E-state index contributed by atoms with van der Waals surface area (Å²) in [6.45, 7) is 10.3. The average molecular weight is 319 g/mol. The van der Waals surface area contributed by atoms with E-state index in [0.717, 1.165) is 32.5 Å². The molecule has 1 amide bonds. The molecule has 1 aromatic rings. The largest absolute Gasteiger partial charge is 0.444 e. The van der Waals surface area contributed by atoms with Crippen LogP contribution in [0.3, 0.4) is 0 Å². The van der Waals surface area contributed by atoms with Crippen LogP contribution < -0.4 is 5.32 Å². The van der Waals surface area contributed by atoms with E-state index in [1.54, 1.807) is 0 Å². The van der Waals surface area contributed by atoms with E-state index in [9.17, 15) is 4.79 Å². The van der Waals surface area contributed by atoms with Crippen LogP contribution in [-0.2, 0) is 11.2 Å². The van der Waals surface area contributed by atoms with Gasteiger partial charge in [0.2, 0.25) is 0 Å². The molecule has 128 valence electrons. The summed E-state index contributed by atoms with van der Waals surface area (Å²) in [6, 6.07) is 4.49. The molecule has 0 saturated carbocycles. The molecule has 23 heavy (non-hydrogen) atoms. The van der Waals surface area contributed by atoms with Crippen molar-refractivity contribution >= 4 is 6.09 Å². The van der Waals surface area contributed by atoms with Crippen molar-refractivity contribution in [3.05, 3.63) is 30.1 Å². The fourth-order valence-electron chi connectivity index (χ4n) is 3.05. The number of carbonyl (C=O) groups is 1. The number of hydrogen-bond donors (Lipinski definition) is 1. The zero-order valence-corrected chi connectivity index (χ0v) is 14.7. The standard InChI is InChI=1S/C18H29N3O2/c1-5-20-16(12-14-6-9-19-10-7-14)15-8-11-21(13-15)17(22)23-18(2,3)4/h6-7,9-10,15-16,20H,5,8,11-13H2,1-4H3. The summed E-state index contributed by atoms with van der Waals surface area (Å²) in [6.07, 6.45) is 5.45. The SMILES string of the molecule is CCNC(Cc1ccncc1)C1CCN(C(=O)OC(C)(C)C)C1. The van der Waals surface area contributed by atoms with Crippen molar-refractivity contribution in [3.63, 3.8) is 0 Å². The van der Waals surface area contributed by atoms with Crippen molar-refractivity contribution in [2.45, 2.75) is 52.2 Å². The normalized spacial score (nSPS) is 19.7. The Balaban J connectivity index is 1.95. The lowest BCUT2D eigenvalue weighted by Gasteiger charge is -2.26. The van der Waals surface area contributed by atoms with Gasteiger partial charge in [-0.15, -0.1) is 0 Å². The van der Waals surface area contributed by atoms with Gasteiger partial charge in [-0.2, -0.15) is 0 Å². The Bertz CT molecular complexity index is 499. The molecule has 1 saturated heterocycles. The minimum atomic E-state index is -0.437. The summed E-state index contributed by atoms with van der Waals surface area (Å²) in [5, 5.41) is 3.58. The third-order valence-electron chi connectivity index (χ3n) is 4.12. The molecule has 1 aliphatic rings. The first-order valence-electron chi connectivity index (χ1n) is 8.49. The zero-order valence-electron chi connectivity index (χ0n) is 14.7. The number of likely N-dealkylation sites (tertiary alicyclic amines) is 1. The molecule has 0 radical (unpaired) electrons. The zero-order chi connectivity index (χ0) is 16.9. The summed E-state index contributed by atoms with van der Waals surface area (Å²) in [5.41, 5.74) is 0.842. The molecule has 1 aliphatic heterocycles. The van der Waals surface area contributed by atoms with Gasteiger partial charge in [-0.05, 0) is 63.8 Å². The highest BCUT2D eigenvalue weighted by molar-refractivity contribution is 5.68. The second-order valence-electron chi connectivity index (χ2n) is 7.20. The van der Waals surface area contributed by atoms with Gasteiger partial charge in [0.15, 0.2) is 0 Å². The fraction of sp³-hybridized carbons (Fsp3) is 0.667. The van der Waals surface area contributed by atoms with E-state index in [2.05, 4.69) is 29.4 Å². The molecule has 5 heteroatoms. The van der Waals surface area contributed by atoms with Crippen molar-refractivity contribution in [3.8, 4) is 0 Å². The Labute approximate surface area is 139 Å². The molecule has 2 heterocycles. The maximum Gasteiger partial charge on any atom is 0.410 e. The Morgan fingerprint density at radius 2 is 2.13 bits per heavy atom. The first-order valence-corrected chi connectivity index (χ1v) is 8.49. The summed E-state index contributed by atoms with van der Waals surface area (Å²) in [7, 11) is 0. The summed E-state index contributed by atoms with van der Waals surface area (Å²) in [4.78, 5) is 18.1. The number of likely N-dealkylation sites (N-methyl/N-ethyl adjacent to an activating group) is 1. The van der Waals surface area contributed by atoms with E-state index in [1.165, 1.54) is 5.56 Å². The van der Waals surface area contributed by atoms with Gasteiger partial charge in [0.1, 0.15) is 5.60 Å². The number of carbonyl (C=O) groups excluding carboxylic acids is 1. The van der Waals surface area contributed by atoms with E-state index in [1.807, 2.05) is 38.1 Å². The molecule has 0 aromatic carbocycles. The lowest BCUT2D eigenvalue weighted by molar-refractivity contribution is 0.0285. The molecule has 1 aromatic heterocycles. The Morgan fingerprint density at radius 3 is 2.74 bits per heavy atom. The molecule has 0 bridgehead atoms. The first kappa shape index (κ1) is 17.7. The second-order valence-corrected chi connectivity index (χ2v) is 7.20. The third kappa shape index (κ3) is 5.50. The van der Waals surface area contributed by atoms with E-state index in [0.29, 0.717) is 12.0 Å². The fourth-order valence-corrected chi connectivity index (χ4v) is 3.05. The van der Waals surface area contributed by atoms with Crippen molar-refractivity contribution in [1.82, 2.24) is 15.2 Å². The van der Waals surface area contributed by atoms with Crippen LogP contribution in [0.15, 0.2) is 24.5 Å². The number of aromatic nitrogens is 1. The Kier molecular flexibility index (Phi) is 5.99. The van der Waals surface area contributed by atoms with Crippen LogP contribution in [0.5, 0.6) is 0 Å². The van der Waals surface area contributed by atoms with Crippen LogP contribution in [0.2, 0.25) is 0 Å². The molecule has 0 aliphatic carbocycles. The summed E-state index contributed by atoms with van der Waals surface area (Å²) < 4.78 is 5.49. The maximum absolute atomic E-state index is 12.2. The van der Waals surface area contributed by atoms with E-state index >= 15 is 0 Å². The highest BCUT2D eigenvalue weighted by Gasteiger charge is 2.33. The molecular formula is C18H29N3O2. The molecule has 2 unspecified atom stereocenters. The van der Waals surface area contributed by atoms with Gasteiger partial charge in [-0.3, -0.25) is 4.98 Å². The number of rotatable bonds is 5. The molecule has 2 atom stereocenters. The summed E-state index contributed by atoms with van der Waals surface area (Å²) >= 11 is 0. The monoisotopic (exact) mass is 319 g/mol. The van der Waals surface area contributed by atoms with Gasteiger partial charge >= 0.3 is 6.09 Å². The number of nitrogens with one attached hydrogen (secondary N) is 1. The maximum atomic E-state index is 12.2. The van der Waals surface area contributed by atoms with Gasteiger partial charge in [0.05, 0.1) is 0 Å². The van der Waals surface area contributed by atoms with Crippen molar-refractivity contribution in [2.24, 2.45) is 5.92 Å². The number of hydrogen-bond acceptors (Lipinski definition) is 4. The number of amides is 1. The number of nitrogens with zero attached hydrogens (tertiary/aromatic N) is 2. The van der Waals surface area contributed by atoms with Crippen LogP contribution in [0.25, 0.3) is 0 Å². The van der Waals surface area contributed by atoms with Gasteiger partial charge in [-0.1, -0.05) is 6.92 Å². The number of pyridine rings is 1. The van der Waals surface area contributed by atoms with Crippen LogP contribution in [-0.4, -0.2) is 47.3 Å². The van der Waals surface area contributed by atoms with Crippen molar-refractivity contribution in [2.75, 3.05) is 19.6 Å². The van der Waals surface area contributed by atoms with Gasteiger partial charge in [0, 0.05) is 31.5 Å². The van der Waals surface area contributed by atoms with Gasteiger partial charge in [-0.25, -0.2) is 4.79 Å². The average Bonchev–Trinajstić information content (AvgIpc) is 2.96. The van der Waals surface area contributed by atoms with Crippen molar-refractivity contribution < 1.29 is 9.53 Å². The van der Waals surface area contributed by atoms with Crippen LogP contribution in [0.1, 0.15) is 39.7 Å². The minimum absolute atomic E-state index is 0.195. The lowest BCUT2D eigenvalue weighted by atomic mass is 9.93. The van der Waals surface area contributed by atoms with E-state index in [-0.39, 0.29) is 6.09 Å². The molecule has 0 spiro atoms. The summed E-state index contributed by atoms with van der Waals surface area (Å²) in [5.74, 6) is 0.454. The minimum Gasteiger partial charge on any atom is -0.444 e. The van der Waals surface area contributed by atoms with Crippen LogP contribution in [0.4, 0.5) is 4.79 Å². The molecule has 5 nitrogen and oxygen atoms in total. The van der Waals surface area contributed by atoms with Crippen LogP contribution in [0, 0.1) is 5.92 Å². The molecule has 2 rings (SSSR count). The van der Waals surface area contributed by atoms with E-state index in [4.69, 9.17) is 4.74 Å². The lowest BCUT2D eigenvalue weighted by Crippen LogP contribution is -2.41. The first-order chi connectivity index (χ1) is 10.9. The quantitative estimate of drug-likeness (QED) is 0.907. The third-order valence-corrected chi connectivity index (χ3v) is 4.12. The van der Waals surface area contributed by atoms with Crippen LogP contribution >= 0.6 is 0 Å². The molecular weight excluding hydrogens is 290 g/mol. The number of ether oxygens (including phenoxy) is 1. The van der Waals surface area contributed by atoms with Gasteiger partial charge < -0.3 is 15.0 Å². The predicted octanol–water partition coefficient (Wildman–Crippen LogP) is 2.86. The predicted molar refractivity (Wildman–Crippen MR) is 91.3 cm³/mol.